The van der Waals surface area contributed by atoms with Crippen LogP contribution in [0.25, 0.3) is 11.3 Å². The number of aliphatic hydroxyl groups excluding tert-OH is 1. The minimum Gasteiger partial charge on any atom is -0.457 e. The molecule has 0 amide bonds. The molecule has 4 nitrogen and oxygen atoms in total. The van der Waals surface area contributed by atoms with Gasteiger partial charge in [-0.25, -0.2) is 4.39 Å². The van der Waals surface area contributed by atoms with E-state index in [9.17, 15) is 9.50 Å². The number of benzene rings is 2. The minimum absolute atomic E-state index is 0.305. The molecule has 1 atom stereocenters. The number of ether oxygens (including phenoxy) is 1. The van der Waals surface area contributed by atoms with E-state index in [1.54, 1.807) is 36.4 Å². The maximum absolute atomic E-state index is 12.9. The molecule has 3 rings (SSSR count). The van der Waals surface area contributed by atoms with Crippen LogP contribution in [0, 0.1) is 12.7 Å². The third-order valence-corrected chi connectivity index (χ3v) is 3.52. The standard InChI is InChI=1S/C19H17FN2O2/c1-12-10-14(19(21)23)11-18(22-12)13-2-6-16(7-3-13)24-17-8-4-15(20)5-9-17/h2-11,19,23H,21H2,1H3. The number of aromatic nitrogens is 1. The Labute approximate surface area is 139 Å². The summed E-state index contributed by atoms with van der Waals surface area (Å²) in [6.45, 7) is 1.85. The number of nitrogens with two attached hydrogens (primary N) is 1. The molecule has 0 saturated carbocycles. The summed E-state index contributed by atoms with van der Waals surface area (Å²) in [6, 6.07) is 16.7. The average Bonchev–Trinajstić information content (AvgIpc) is 2.57. The fraction of sp³-hybridized carbons (Fsp3) is 0.105. The van der Waals surface area contributed by atoms with Crippen LogP contribution in [0.1, 0.15) is 17.5 Å². The Hall–Kier alpha value is -2.76. The molecule has 0 aliphatic heterocycles. The number of nitrogens with zero attached hydrogens (tertiary/aromatic N) is 1. The van der Waals surface area contributed by atoms with Gasteiger partial charge in [-0.15, -0.1) is 0 Å². The molecule has 122 valence electrons. The molecule has 1 unspecified atom stereocenters. The summed E-state index contributed by atoms with van der Waals surface area (Å²) in [5.74, 6) is 0.893. The highest BCUT2D eigenvalue weighted by molar-refractivity contribution is 5.61. The lowest BCUT2D eigenvalue weighted by Crippen LogP contribution is -2.09. The topological polar surface area (TPSA) is 68.4 Å². The summed E-state index contributed by atoms with van der Waals surface area (Å²) in [6.07, 6.45) is -1.04. The van der Waals surface area contributed by atoms with Gasteiger partial charge in [-0.2, -0.15) is 0 Å². The Morgan fingerprint density at radius 2 is 1.58 bits per heavy atom. The van der Waals surface area contributed by atoms with Crippen LogP contribution in [0.2, 0.25) is 0 Å². The number of rotatable bonds is 4. The highest BCUT2D eigenvalue weighted by Gasteiger charge is 2.07. The summed E-state index contributed by atoms with van der Waals surface area (Å²) in [4.78, 5) is 4.46. The van der Waals surface area contributed by atoms with Crippen molar-refractivity contribution in [2.75, 3.05) is 0 Å². The number of hydrogen-bond acceptors (Lipinski definition) is 4. The first-order chi connectivity index (χ1) is 11.5. The molecular weight excluding hydrogens is 307 g/mol. The van der Waals surface area contributed by atoms with Gasteiger partial charge in [-0.3, -0.25) is 4.98 Å². The predicted molar refractivity (Wildman–Crippen MR) is 90.0 cm³/mol. The molecule has 0 radical (unpaired) electrons. The van der Waals surface area contributed by atoms with E-state index in [-0.39, 0.29) is 5.82 Å². The molecule has 0 aliphatic rings. The van der Waals surface area contributed by atoms with Gasteiger partial charge in [0.15, 0.2) is 0 Å². The largest absolute Gasteiger partial charge is 0.457 e. The van der Waals surface area contributed by atoms with Crippen molar-refractivity contribution in [2.45, 2.75) is 13.2 Å². The van der Waals surface area contributed by atoms with Crippen molar-refractivity contribution in [1.82, 2.24) is 4.98 Å². The van der Waals surface area contributed by atoms with Gasteiger partial charge in [0.25, 0.3) is 0 Å². The van der Waals surface area contributed by atoms with Gasteiger partial charge >= 0.3 is 0 Å². The van der Waals surface area contributed by atoms with Gasteiger partial charge in [-0.1, -0.05) is 0 Å². The maximum atomic E-state index is 12.9. The zero-order valence-electron chi connectivity index (χ0n) is 13.1. The summed E-state index contributed by atoms with van der Waals surface area (Å²) in [5.41, 5.74) is 8.53. The van der Waals surface area contributed by atoms with Crippen LogP contribution in [0.4, 0.5) is 4.39 Å². The molecule has 0 saturated heterocycles. The highest BCUT2D eigenvalue weighted by Crippen LogP contribution is 2.26. The number of pyridine rings is 1. The lowest BCUT2D eigenvalue weighted by molar-refractivity contribution is 0.186. The van der Waals surface area contributed by atoms with Crippen LogP contribution >= 0.6 is 0 Å². The molecule has 2 aromatic carbocycles. The highest BCUT2D eigenvalue weighted by atomic mass is 19.1. The zero-order valence-corrected chi connectivity index (χ0v) is 13.1. The van der Waals surface area contributed by atoms with Crippen molar-refractivity contribution in [2.24, 2.45) is 5.73 Å². The molecule has 0 aliphatic carbocycles. The predicted octanol–water partition coefficient (Wildman–Crippen LogP) is 3.94. The Kier molecular flexibility index (Phi) is 4.55. The van der Waals surface area contributed by atoms with Crippen molar-refractivity contribution in [3.63, 3.8) is 0 Å². The van der Waals surface area contributed by atoms with Crippen LogP contribution in [0.5, 0.6) is 11.5 Å². The third kappa shape index (κ3) is 3.76. The second kappa shape index (κ2) is 6.78. The van der Waals surface area contributed by atoms with Gasteiger partial charge in [0.2, 0.25) is 0 Å². The van der Waals surface area contributed by atoms with E-state index in [2.05, 4.69) is 4.98 Å². The van der Waals surface area contributed by atoms with E-state index in [1.807, 2.05) is 19.1 Å². The second-order valence-corrected chi connectivity index (χ2v) is 5.45. The van der Waals surface area contributed by atoms with Crippen LogP contribution < -0.4 is 10.5 Å². The Morgan fingerprint density at radius 1 is 1.00 bits per heavy atom. The molecule has 24 heavy (non-hydrogen) atoms. The summed E-state index contributed by atoms with van der Waals surface area (Å²) >= 11 is 0. The smallest absolute Gasteiger partial charge is 0.128 e. The number of hydrogen-bond donors (Lipinski definition) is 2. The first kappa shape index (κ1) is 16.1. The summed E-state index contributed by atoms with van der Waals surface area (Å²) in [7, 11) is 0. The van der Waals surface area contributed by atoms with E-state index in [0.717, 1.165) is 17.0 Å². The van der Waals surface area contributed by atoms with E-state index < -0.39 is 6.23 Å². The Balaban J connectivity index is 1.83. The fourth-order valence-electron chi connectivity index (χ4n) is 2.35. The van der Waals surface area contributed by atoms with Gasteiger partial charge < -0.3 is 15.6 Å². The monoisotopic (exact) mass is 324 g/mol. The molecule has 0 fully saturated rings. The Bertz CT molecular complexity index is 831. The second-order valence-electron chi connectivity index (χ2n) is 5.45. The van der Waals surface area contributed by atoms with E-state index >= 15 is 0 Å². The molecule has 1 heterocycles. The number of aliphatic hydroxyl groups is 1. The van der Waals surface area contributed by atoms with Crippen molar-refractivity contribution >= 4 is 0 Å². The number of aryl methyl sites for hydroxylation is 1. The molecule has 5 heteroatoms. The molecule has 1 aromatic heterocycles. The zero-order chi connectivity index (χ0) is 17.1. The summed E-state index contributed by atoms with van der Waals surface area (Å²) < 4.78 is 18.6. The molecule has 0 bridgehead atoms. The van der Waals surface area contributed by atoms with Gasteiger partial charge in [0, 0.05) is 11.3 Å². The lowest BCUT2D eigenvalue weighted by Gasteiger charge is -2.10. The molecular formula is C19H17FN2O2. The molecule has 3 N–H and O–H groups in total. The first-order valence-corrected chi connectivity index (χ1v) is 7.47. The van der Waals surface area contributed by atoms with Gasteiger partial charge in [0.1, 0.15) is 23.5 Å². The normalized spacial score (nSPS) is 12.0. The van der Waals surface area contributed by atoms with E-state index in [4.69, 9.17) is 10.5 Å². The first-order valence-electron chi connectivity index (χ1n) is 7.47. The lowest BCUT2D eigenvalue weighted by atomic mass is 10.1. The van der Waals surface area contributed by atoms with Gasteiger partial charge in [-0.05, 0) is 73.2 Å². The van der Waals surface area contributed by atoms with Crippen molar-refractivity contribution in [3.05, 3.63) is 77.7 Å². The van der Waals surface area contributed by atoms with Crippen LogP contribution in [0.3, 0.4) is 0 Å². The fourth-order valence-corrected chi connectivity index (χ4v) is 2.35. The van der Waals surface area contributed by atoms with Crippen LogP contribution in [0.15, 0.2) is 60.7 Å². The van der Waals surface area contributed by atoms with Crippen LogP contribution in [-0.2, 0) is 0 Å². The maximum Gasteiger partial charge on any atom is 0.128 e. The van der Waals surface area contributed by atoms with Crippen molar-refractivity contribution in [1.29, 1.82) is 0 Å². The average molecular weight is 324 g/mol. The number of halogens is 1. The van der Waals surface area contributed by atoms with E-state index in [0.29, 0.717) is 17.1 Å². The quantitative estimate of drug-likeness (QED) is 0.713. The van der Waals surface area contributed by atoms with Gasteiger partial charge in [0.05, 0.1) is 5.69 Å². The third-order valence-electron chi connectivity index (χ3n) is 3.52. The van der Waals surface area contributed by atoms with Crippen molar-refractivity contribution in [3.8, 4) is 22.8 Å². The SMILES string of the molecule is Cc1cc(C(N)O)cc(-c2ccc(Oc3ccc(F)cc3)cc2)n1. The van der Waals surface area contributed by atoms with E-state index in [1.165, 1.54) is 12.1 Å². The minimum atomic E-state index is -1.04. The summed E-state index contributed by atoms with van der Waals surface area (Å²) in [5, 5.41) is 9.55. The van der Waals surface area contributed by atoms with Crippen LogP contribution in [-0.4, -0.2) is 10.1 Å². The molecule has 3 aromatic rings. The molecule has 0 spiro atoms. The Morgan fingerprint density at radius 3 is 2.17 bits per heavy atom. The van der Waals surface area contributed by atoms with Crippen molar-refractivity contribution < 1.29 is 14.2 Å².